The maximum absolute atomic E-state index is 13.2. The van der Waals surface area contributed by atoms with Crippen molar-refractivity contribution in [3.63, 3.8) is 0 Å². The Kier molecular flexibility index (Phi) is 6.66. The second-order valence-corrected chi connectivity index (χ2v) is 8.44. The van der Waals surface area contributed by atoms with Crippen LogP contribution in [0.2, 0.25) is 0 Å². The van der Waals surface area contributed by atoms with Gasteiger partial charge in [0.1, 0.15) is 11.5 Å². The van der Waals surface area contributed by atoms with Crippen LogP contribution in [0.1, 0.15) is 23.6 Å². The molecule has 0 unspecified atom stereocenters. The second kappa shape index (κ2) is 9.78. The van der Waals surface area contributed by atoms with E-state index >= 15 is 0 Å². The van der Waals surface area contributed by atoms with Crippen molar-refractivity contribution in [3.8, 4) is 11.5 Å². The highest BCUT2D eigenvalue weighted by Gasteiger charge is 2.21. The van der Waals surface area contributed by atoms with Crippen LogP contribution in [-0.4, -0.2) is 29.1 Å². The lowest BCUT2D eigenvalue weighted by molar-refractivity contribution is -0.120. The van der Waals surface area contributed by atoms with E-state index in [0.717, 1.165) is 32.7 Å². The first-order chi connectivity index (χ1) is 15.5. The molecule has 0 radical (unpaired) electrons. The van der Waals surface area contributed by atoms with E-state index in [0.29, 0.717) is 24.0 Å². The molecular formula is C25H25N3O3S. The zero-order chi connectivity index (χ0) is 22.5. The summed E-state index contributed by atoms with van der Waals surface area (Å²) in [7, 11) is 0. The van der Waals surface area contributed by atoms with Crippen molar-refractivity contribution in [3.05, 3.63) is 77.6 Å². The third kappa shape index (κ3) is 5.06. The van der Waals surface area contributed by atoms with Gasteiger partial charge in [-0.3, -0.25) is 14.7 Å². The Balaban J connectivity index is 1.57. The summed E-state index contributed by atoms with van der Waals surface area (Å²) in [5.74, 6) is 1.21. The number of amides is 1. The van der Waals surface area contributed by atoms with Gasteiger partial charge in [-0.15, -0.1) is 0 Å². The van der Waals surface area contributed by atoms with Gasteiger partial charge in [0.2, 0.25) is 0 Å². The third-order valence-corrected chi connectivity index (χ3v) is 6.13. The molecule has 0 fully saturated rings. The number of aryl methyl sites for hydroxylation is 2. The average Bonchev–Trinajstić information content (AvgIpc) is 3.22. The Labute approximate surface area is 191 Å². The van der Waals surface area contributed by atoms with Gasteiger partial charge in [-0.1, -0.05) is 23.5 Å². The van der Waals surface area contributed by atoms with Crippen molar-refractivity contribution in [2.75, 3.05) is 18.1 Å². The Bertz CT molecular complexity index is 1210. The molecule has 164 valence electrons. The molecular weight excluding hydrogens is 422 g/mol. The van der Waals surface area contributed by atoms with E-state index in [1.54, 1.807) is 29.4 Å². The molecule has 0 saturated heterocycles. The summed E-state index contributed by atoms with van der Waals surface area (Å²) < 4.78 is 12.3. The highest BCUT2D eigenvalue weighted by molar-refractivity contribution is 7.22. The third-order valence-electron chi connectivity index (χ3n) is 4.90. The van der Waals surface area contributed by atoms with E-state index in [1.165, 1.54) is 11.3 Å². The predicted octanol–water partition coefficient (Wildman–Crippen LogP) is 5.32. The fourth-order valence-electron chi connectivity index (χ4n) is 3.44. The predicted molar refractivity (Wildman–Crippen MR) is 128 cm³/mol. The minimum atomic E-state index is -0.170. The molecule has 2 aromatic carbocycles. The first-order valence-corrected chi connectivity index (χ1v) is 11.3. The van der Waals surface area contributed by atoms with Crippen LogP contribution in [-0.2, 0) is 11.3 Å². The van der Waals surface area contributed by atoms with Crippen molar-refractivity contribution in [1.82, 2.24) is 9.97 Å². The Morgan fingerprint density at radius 1 is 1.06 bits per heavy atom. The normalized spacial score (nSPS) is 10.8. The van der Waals surface area contributed by atoms with Crippen LogP contribution in [0, 0.1) is 13.8 Å². The minimum absolute atomic E-state index is 0.0951. The number of rotatable bonds is 8. The van der Waals surface area contributed by atoms with E-state index in [4.69, 9.17) is 14.5 Å². The highest BCUT2D eigenvalue weighted by atomic mass is 32.1. The Morgan fingerprint density at radius 2 is 1.81 bits per heavy atom. The lowest BCUT2D eigenvalue weighted by Crippen LogP contribution is -2.34. The molecule has 0 saturated carbocycles. The highest BCUT2D eigenvalue weighted by Crippen LogP contribution is 2.33. The minimum Gasteiger partial charge on any atom is -0.494 e. The number of pyridine rings is 1. The topological polar surface area (TPSA) is 64.6 Å². The number of fused-ring (bicyclic) bond motifs is 1. The van der Waals surface area contributed by atoms with Crippen molar-refractivity contribution < 1.29 is 14.3 Å². The molecule has 0 aliphatic heterocycles. The summed E-state index contributed by atoms with van der Waals surface area (Å²) in [6, 6.07) is 15.2. The molecule has 7 heteroatoms. The fraction of sp³-hybridized carbons (Fsp3) is 0.240. The number of benzene rings is 2. The van der Waals surface area contributed by atoms with Crippen LogP contribution in [0.4, 0.5) is 5.13 Å². The average molecular weight is 448 g/mol. The Morgan fingerprint density at radius 3 is 2.50 bits per heavy atom. The maximum atomic E-state index is 13.2. The lowest BCUT2D eigenvalue weighted by Gasteiger charge is -2.20. The zero-order valence-electron chi connectivity index (χ0n) is 18.4. The van der Waals surface area contributed by atoms with Gasteiger partial charge < -0.3 is 9.47 Å². The van der Waals surface area contributed by atoms with Gasteiger partial charge in [-0.2, -0.15) is 0 Å². The van der Waals surface area contributed by atoms with Crippen LogP contribution >= 0.6 is 11.3 Å². The fourth-order valence-corrected chi connectivity index (χ4v) is 4.47. The van der Waals surface area contributed by atoms with Gasteiger partial charge >= 0.3 is 0 Å². The molecule has 4 rings (SSSR count). The summed E-state index contributed by atoms with van der Waals surface area (Å²) in [5, 5.41) is 0.651. The number of thiazole rings is 1. The smallest absolute Gasteiger partial charge is 0.267 e. The monoisotopic (exact) mass is 447 g/mol. The van der Waals surface area contributed by atoms with Crippen LogP contribution < -0.4 is 14.4 Å². The molecule has 0 atom stereocenters. The zero-order valence-corrected chi connectivity index (χ0v) is 19.2. The molecule has 0 aliphatic rings. The molecule has 0 spiro atoms. The standard InChI is InChI=1S/C25H25N3O3S/c1-4-30-20-7-9-21(10-8-20)31-16-23(29)28(15-19-6-5-11-26-14-19)25-27-22-13-17(2)12-18(3)24(22)32-25/h5-14H,4,15-16H2,1-3H3. The largest absolute Gasteiger partial charge is 0.494 e. The molecule has 2 heterocycles. The number of aromatic nitrogens is 2. The lowest BCUT2D eigenvalue weighted by atomic mass is 10.1. The van der Waals surface area contributed by atoms with Gasteiger partial charge in [0, 0.05) is 12.4 Å². The quantitative estimate of drug-likeness (QED) is 0.366. The first-order valence-electron chi connectivity index (χ1n) is 10.5. The number of hydrogen-bond donors (Lipinski definition) is 0. The summed E-state index contributed by atoms with van der Waals surface area (Å²) >= 11 is 1.52. The van der Waals surface area contributed by atoms with E-state index in [1.807, 2.05) is 37.3 Å². The van der Waals surface area contributed by atoms with E-state index in [-0.39, 0.29) is 12.5 Å². The van der Waals surface area contributed by atoms with Crippen LogP contribution in [0.5, 0.6) is 11.5 Å². The molecule has 1 amide bonds. The summed E-state index contributed by atoms with van der Waals surface area (Å²) in [6.45, 7) is 6.93. The van der Waals surface area contributed by atoms with Crippen molar-refractivity contribution in [1.29, 1.82) is 0 Å². The molecule has 0 N–H and O–H groups in total. The van der Waals surface area contributed by atoms with E-state index in [9.17, 15) is 4.79 Å². The summed E-state index contributed by atoms with van der Waals surface area (Å²) in [4.78, 5) is 23.9. The number of carbonyl (C=O) groups is 1. The number of anilines is 1. The van der Waals surface area contributed by atoms with E-state index in [2.05, 4.69) is 24.9 Å². The second-order valence-electron chi connectivity index (χ2n) is 7.46. The molecule has 2 aromatic heterocycles. The van der Waals surface area contributed by atoms with Gasteiger partial charge in [0.15, 0.2) is 11.7 Å². The molecule has 4 aromatic rings. The number of ether oxygens (including phenoxy) is 2. The number of hydrogen-bond acceptors (Lipinski definition) is 6. The SMILES string of the molecule is CCOc1ccc(OCC(=O)N(Cc2cccnc2)c2nc3cc(C)cc(C)c3s2)cc1. The van der Waals surface area contributed by atoms with Crippen molar-refractivity contribution >= 4 is 32.6 Å². The number of carbonyl (C=O) groups excluding carboxylic acids is 1. The Hall–Kier alpha value is -3.45. The van der Waals surface area contributed by atoms with Gasteiger partial charge in [0.05, 0.1) is 23.4 Å². The van der Waals surface area contributed by atoms with Crippen molar-refractivity contribution in [2.45, 2.75) is 27.3 Å². The molecule has 0 bridgehead atoms. The summed E-state index contributed by atoms with van der Waals surface area (Å²) in [5.41, 5.74) is 4.13. The van der Waals surface area contributed by atoms with Crippen LogP contribution in [0.15, 0.2) is 60.9 Å². The van der Waals surface area contributed by atoms with Gasteiger partial charge in [-0.05, 0) is 73.9 Å². The van der Waals surface area contributed by atoms with Gasteiger partial charge in [0.25, 0.3) is 5.91 Å². The van der Waals surface area contributed by atoms with Crippen molar-refractivity contribution in [2.24, 2.45) is 0 Å². The van der Waals surface area contributed by atoms with Crippen LogP contribution in [0.3, 0.4) is 0 Å². The first kappa shape index (κ1) is 21.8. The van der Waals surface area contributed by atoms with Crippen LogP contribution in [0.25, 0.3) is 10.2 Å². The summed E-state index contributed by atoms with van der Waals surface area (Å²) in [6.07, 6.45) is 3.48. The molecule has 0 aliphatic carbocycles. The molecule has 6 nitrogen and oxygen atoms in total. The maximum Gasteiger partial charge on any atom is 0.267 e. The van der Waals surface area contributed by atoms with E-state index < -0.39 is 0 Å². The number of nitrogens with zero attached hydrogens (tertiary/aromatic N) is 3. The molecule has 32 heavy (non-hydrogen) atoms. The van der Waals surface area contributed by atoms with Gasteiger partial charge in [-0.25, -0.2) is 4.98 Å².